The Labute approximate surface area is 149 Å². The molecule has 0 unspecified atom stereocenters. The van der Waals surface area contributed by atoms with Crippen molar-refractivity contribution in [1.29, 1.82) is 0 Å². The van der Waals surface area contributed by atoms with Gasteiger partial charge in [-0.2, -0.15) is 0 Å². The molecule has 2 aromatic rings. The van der Waals surface area contributed by atoms with Crippen LogP contribution in [0.2, 0.25) is 0 Å². The molecule has 5 nitrogen and oxygen atoms in total. The molecule has 1 aromatic heterocycles. The SMILES string of the molecule is Cc1cccc(C)c1OCC(=O)NNC(=O)CSCc1cccs1. The Morgan fingerprint density at radius 1 is 1.08 bits per heavy atom. The van der Waals surface area contributed by atoms with E-state index in [2.05, 4.69) is 10.9 Å². The Kier molecular flexibility index (Phi) is 7.14. The summed E-state index contributed by atoms with van der Waals surface area (Å²) in [4.78, 5) is 24.6. The van der Waals surface area contributed by atoms with E-state index in [1.54, 1.807) is 11.3 Å². The minimum Gasteiger partial charge on any atom is -0.483 e. The second kappa shape index (κ2) is 9.34. The summed E-state index contributed by atoms with van der Waals surface area (Å²) < 4.78 is 5.52. The van der Waals surface area contributed by atoms with Crippen molar-refractivity contribution in [3.8, 4) is 5.75 Å². The second-order valence-electron chi connectivity index (χ2n) is 5.18. The number of rotatable bonds is 7. The number of carbonyl (C=O) groups excluding carboxylic acids is 2. The fourth-order valence-corrected chi connectivity index (χ4v) is 3.68. The molecule has 2 N–H and O–H groups in total. The number of ether oxygens (including phenoxy) is 1. The molecule has 0 saturated carbocycles. The number of amides is 2. The van der Waals surface area contributed by atoms with Gasteiger partial charge in [-0.3, -0.25) is 20.4 Å². The van der Waals surface area contributed by atoms with Crippen molar-refractivity contribution in [1.82, 2.24) is 10.9 Å². The number of aryl methyl sites for hydroxylation is 2. The Morgan fingerprint density at radius 3 is 2.46 bits per heavy atom. The largest absolute Gasteiger partial charge is 0.483 e. The van der Waals surface area contributed by atoms with Crippen LogP contribution in [0.25, 0.3) is 0 Å². The third kappa shape index (κ3) is 5.90. The molecule has 2 rings (SSSR count). The van der Waals surface area contributed by atoms with Gasteiger partial charge in [0.1, 0.15) is 5.75 Å². The van der Waals surface area contributed by atoms with Crippen LogP contribution >= 0.6 is 23.1 Å². The minimum absolute atomic E-state index is 0.145. The highest BCUT2D eigenvalue weighted by Gasteiger charge is 2.08. The summed E-state index contributed by atoms with van der Waals surface area (Å²) in [6.45, 7) is 3.70. The predicted octanol–water partition coefficient (Wildman–Crippen LogP) is 2.82. The first-order valence-corrected chi connectivity index (χ1v) is 9.46. The molecule has 0 aliphatic carbocycles. The van der Waals surface area contributed by atoms with Crippen LogP contribution in [-0.4, -0.2) is 24.2 Å². The van der Waals surface area contributed by atoms with Gasteiger partial charge in [0.2, 0.25) is 5.91 Å². The molecule has 0 bridgehead atoms. The number of hydrazine groups is 1. The molecule has 0 fully saturated rings. The summed E-state index contributed by atoms with van der Waals surface area (Å²) in [7, 11) is 0. The third-order valence-corrected chi connectivity index (χ3v) is 5.20. The van der Waals surface area contributed by atoms with E-state index in [1.165, 1.54) is 16.6 Å². The number of nitrogens with one attached hydrogen (secondary N) is 2. The van der Waals surface area contributed by atoms with Gasteiger partial charge >= 0.3 is 0 Å². The number of thiophene rings is 1. The molecule has 0 radical (unpaired) electrons. The predicted molar refractivity (Wildman–Crippen MR) is 98.2 cm³/mol. The Balaban J connectivity index is 1.64. The smallest absolute Gasteiger partial charge is 0.276 e. The van der Waals surface area contributed by atoms with Crippen LogP contribution in [0.4, 0.5) is 0 Å². The van der Waals surface area contributed by atoms with Crippen LogP contribution in [0.15, 0.2) is 35.7 Å². The van der Waals surface area contributed by atoms with Crippen LogP contribution < -0.4 is 15.6 Å². The zero-order valence-electron chi connectivity index (χ0n) is 13.6. The van der Waals surface area contributed by atoms with Crippen molar-refractivity contribution >= 4 is 34.9 Å². The lowest BCUT2D eigenvalue weighted by molar-refractivity contribution is -0.128. The van der Waals surface area contributed by atoms with Gasteiger partial charge in [0.25, 0.3) is 5.91 Å². The first kappa shape index (κ1) is 18.4. The minimum atomic E-state index is -0.394. The fourth-order valence-electron chi connectivity index (χ4n) is 2.02. The van der Waals surface area contributed by atoms with Crippen LogP contribution in [-0.2, 0) is 15.3 Å². The number of para-hydroxylation sites is 1. The van der Waals surface area contributed by atoms with Crippen LogP contribution in [0.5, 0.6) is 5.75 Å². The van der Waals surface area contributed by atoms with E-state index >= 15 is 0 Å². The number of thioether (sulfide) groups is 1. The maximum absolute atomic E-state index is 11.7. The van der Waals surface area contributed by atoms with E-state index in [-0.39, 0.29) is 18.3 Å². The van der Waals surface area contributed by atoms with Crippen molar-refractivity contribution in [3.05, 3.63) is 51.7 Å². The molecule has 0 aliphatic rings. The van der Waals surface area contributed by atoms with E-state index < -0.39 is 5.91 Å². The van der Waals surface area contributed by atoms with Crippen molar-refractivity contribution in [2.24, 2.45) is 0 Å². The molecule has 0 atom stereocenters. The van der Waals surface area contributed by atoms with E-state index in [9.17, 15) is 9.59 Å². The molecule has 0 saturated heterocycles. The zero-order valence-corrected chi connectivity index (χ0v) is 15.3. The quantitative estimate of drug-likeness (QED) is 0.742. The van der Waals surface area contributed by atoms with E-state index in [0.29, 0.717) is 5.75 Å². The monoisotopic (exact) mass is 364 g/mol. The fraction of sp³-hybridized carbons (Fsp3) is 0.294. The van der Waals surface area contributed by atoms with Gasteiger partial charge in [-0.15, -0.1) is 23.1 Å². The van der Waals surface area contributed by atoms with Crippen molar-refractivity contribution in [2.45, 2.75) is 19.6 Å². The summed E-state index contributed by atoms with van der Waals surface area (Å²) in [5.41, 5.74) is 6.69. The van der Waals surface area contributed by atoms with Crippen molar-refractivity contribution in [3.63, 3.8) is 0 Å². The lowest BCUT2D eigenvalue weighted by Gasteiger charge is -2.12. The first-order chi connectivity index (χ1) is 11.6. The molecule has 1 aromatic carbocycles. The molecular weight excluding hydrogens is 344 g/mol. The molecular formula is C17H20N2O3S2. The summed E-state index contributed by atoms with van der Waals surface area (Å²) in [5.74, 6) is 1.14. The van der Waals surface area contributed by atoms with Gasteiger partial charge in [-0.1, -0.05) is 24.3 Å². The maximum atomic E-state index is 11.7. The lowest BCUT2D eigenvalue weighted by atomic mass is 10.1. The highest BCUT2D eigenvalue weighted by molar-refractivity contribution is 7.99. The summed E-state index contributed by atoms with van der Waals surface area (Å²) in [6, 6.07) is 9.80. The molecule has 24 heavy (non-hydrogen) atoms. The Bertz CT molecular complexity index is 667. The van der Waals surface area contributed by atoms with Crippen LogP contribution in [0, 0.1) is 13.8 Å². The third-order valence-electron chi connectivity index (χ3n) is 3.16. The number of carbonyl (C=O) groups is 2. The van der Waals surface area contributed by atoms with Gasteiger partial charge in [0.05, 0.1) is 5.75 Å². The second-order valence-corrected chi connectivity index (χ2v) is 7.20. The summed E-state index contributed by atoms with van der Waals surface area (Å²) in [6.07, 6.45) is 0. The number of hydrogen-bond donors (Lipinski definition) is 2. The van der Waals surface area contributed by atoms with E-state index in [4.69, 9.17) is 4.74 Å². The molecule has 0 spiro atoms. The standard InChI is InChI=1S/C17H20N2O3S2/c1-12-5-3-6-13(2)17(12)22-9-15(20)18-19-16(21)11-23-10-14-7-4-8-24-14/h3-8H,9-11H2,1-2H3,(H,18,20)(H,19,21). The van der Waals surface area contributed by atoms with Gasteiger partial charge in [-0.25, -0.2) is 0 Å². The Morgan fingerprint density at radius 2 is 1.79 bits per heavy atom. The van der Waals surface area contributed by atoms with Crippen LogP contribution in [0.3, 0.4) is 0 Å². The normalized spacial score (nSPS) is 10.2. The zero-order chi connectivity index (χ0) is 17.4. The Hall–Kier alpha value is -1.99. The highest BCUT2D eigenvalue weighted by atomic mass is 32.2. The molecule has 0 aliphatic heterocycles. The molecule has 7 heteroatoms. The highest BCUT2D eigenvalue weighted by Crippen LogP contribution is 2.22. The van der Waals surface area contributed by atoms with Gasteiger partial charge in [0.15, 0.2) is 6.61 Å². The van der Waals surface area contributed by atoms with Gasteiger partial charge in [0, 0.05) is 10.6 Å². The van der Waals surface area contributed by atoms with E-state index in [1.807, 2.05) is 49.6 Å². The summed E-state index contributed by atoms with van der Waals surface area (Å²) in [5, 5.41) is 2.01. The molecule has 128 valence electrons. The molecule has 2 amide bonds. The van der Waals surface area contributed by atoms with Gasteiger partial charge < -0.3 is 4.74 Å². The average Bonchev–Trinajstić information content (AvgIpc) is 3.06. The maximum Gasteiger partial charge on any atom is 0.276 e. The molecule has 1 heterocycles. The van der Waals surface area contributed by atoms with Crippen LogP contribution in [0.1, 0.15) is 16.0 Å². The van der Waals surface area contributed by atoms with Gasteiger partial charge in [-0.05, 0) is 36.4 Å². The number of benzene rings is 1. The van der Waals surface area contributed by atoms with Crippen molar-refractivity contribution in [2.75, 3.05) is 12.4 Å². The first-order valence-electron chi connectivity index (χ1n) is 7.43. The van der Waals surface area contributed by atoms with E-state index in [0.717, 1.165) is 16.9 Å². The topological polar surface area (TPSA) is 67.4 Å². The van der Waals surface area contributed by atoms with Crippen molar-refractivity contribution < 1.29 is 14.3 Å². The lowest BCUT2D eigenvalue weighted by Crippen LogP contribution is -2.44. The average molecular weight is 364 g/mol. The number of hydrogen-bond acceptors (Lipinski definition) is 5. The summed E-state index contributed by atoms with van der Waals surface area (Å²) >= 11 is 3.16.